The smallest absolute Gasteiger partial charge is 0.250 e. The van der Waals surface area contributed by atoms with E-state index in [1.54, 1.807) is 24.3 Å². The van der Waals surface area contributed by atoms with E-state index in [4.69, 9.17) is 10.5 Å². The SMILES string of the molecule is CC(=O)c1ccc(NC(=O)COCCN)cc1. The van der Waals surface area contributed by atoms with Gasteiger partial charge in [-0.2, -0.15) is 0 Å². The van der Waals surface area contributed by atoms with Crippen molar-refractivity contribution in [2.45, 2.75) is 6.92 Å². The van der Waals surface area contributed by atoms with Gasteiger partial charge in [0.25, 0.3) is 0 Å². The molecule has 0 atom stereocenters. The van der Waals surface area contributed by atoms with Crippen molar-refractivity contribution in [2.24, 2.45) is 5.73 Å². The summed E-state index contributed by atoms with van der Waals surface area (Å²) in [4.78, 5) is 22.4. The van der Waals surface area contributed by atoms with E-state index < -0.39 is 0 Å². The fourth-order valence-corrected chi connectivity index (χ4v) is 1.23. The van der Waals surface area contributed by atoms with E-state index in [0.29, 0.717) is 24.4 Å². The Labute approximate surface area is 99.9 Å². The van der Waals surface area contributed by atoms with Gasteiger partial charge in [-0.05, 0) is 31.2 Å². The lowest BCUT2D eigenvalue weighted by Gasteiger charge is -2.06. The average Bonchev–Trinajstić information content (AvgIpc) is 2.30. The van der Waals surface area contributed by atoms with Crippen molar-refractivity contribution < 1.29 is 14.3 Å². The summed E-state index contributed by atoms with van der Waals surface area (Å²) in [5.41, 5.74) is 6.47. The molecule has 0 aromatic heterocycles. The summed E-state index contributed by atoms with van der Waals surface area (Å²) in [5, 5.41) is 2.65. The van der Waals surface area contributed by atoms with Crippen LogP contribution < -0.4 is 11.1 Å². The number of anilines is 1. The minimum Gasteiger partial charge on any atom is -0.370 e. The van der Waals surface area contributed by atoms with Crippen molar-refractivity contribution in [3.05, 3.63) is 29.8 Å². The molecule has 0 heterocycles. The predicted molar refractivity (Wildman–Crippen MR) is 64.9 cm³/mol. The summed E-state index contributed by atoms with van der Waals surface area (Å²) in [7, 11) is 0. The third kappa shape index (κ3) is 4.76. The van der Waals surface area contributed by atoms with Crippen molar-refractivity contribution in [1.82, 2.24) is 0 Å². The van der Waals surface area contributed by atoms with E-state index in [1.165, 1.54) is 6.92 Å². The van der Waals surface area contributed by atoms with Crippen molar-refractivity contribution >= 4 is 17.4 Å². The minimum absolute atomic E-state index is 0.00541. The zero-order chi connectivity index (χ0) is 12.7. The van der Waals surface area contributed by atoms with E-state index in [2.05, 4.69) is 5.32 Å². The molecule has 0 aliphatic heterocycles. The molecule has 3 N–H and O–H groups in total. The molecule has 0 bridgehead atoms. The monoisotopic (exact) mass is 236 g/mol. The second-order valence-electron chi connectivity index (χ2n) is 3.52. The first kappa shape index (κ1) is 13.3. The number of nitrogens with two attached hydrogens (primary N) is 1. The van der Waals surface area contributed by atoms with Crippen LogP contribution >= 0.6 is 0 Å². The van der Waals surface area contributed by atoms with Crippen LogP contribution in [0.25, 0.3) is 0 Å². The van der Waals surface area contributed by atoms with Crippen molar-refractivity contribution in [3.63, 3.8) is 0 Å². The fraction of sp³-hybridized carbons (Fsp3) is 0.333. The topological polar surface area (TPSA) is 81.4 Å². The fourth-order valence-electron chi connectivity index (χ4n) is 1.23. The van der Waals surface area contributed by atoms with Gasteiger partial charge in [-0.15, -0.1) is 0 Å². The van der Waals surface area contributed by atoms with Gasteiger partial charge >= 0.3 is 0 Å². The van der Waals surface area contributed by atoms with Crippen LogP contribution in [0, 0.1) is 0 Å². The highest BCUT2D eigenvalue weighted by Gasteiger charge is 2.03. The molecule has 0 saturated carbocycles. The molecule has 0 aliphatic carbocycles. The largest absolute Gasteiger partial charge is 0.370 e. The molecule has 1 aromatic carbocycles. The lowest BCUT2D eigenvalue weighted by Crippen LogP contribution is -2.20. The number of ketones is 1. The van der Waals surface area contributed by atoms with E-state index in [0.717, 1.165) is 0 Å². The van der Waals surface area contributed by atoms with Crippen LogP contribution in [-0.4, -0.2) is 31.4 Å². The highest BCUT2D eigenvalue weighted by atomic mass is 16.5. The third-order valence-electron chi connectivity index (χ3n) is 2.07. The Morgan fingerprint density at radius 2 is 1.94 bits per heavy atom. The minimum atomic E-state index is -0.242. The molecule has 5 nitrogen and oxygen atoms in total. The van der Waals surface area contributed by atoms with Gasteiger partial charge in [-0.1, -0.05) is 0 Å². The zero-order valence-electron chi connectivity index (χ0n) is 9.73. The number of amides is 1. The summed E-state index contributed by atoms with van der Waals surface area (Å²) in [6, 6.07) is 6.69. The highest BCUT2D eigenvalue weighted by molar-refractivity contribution is 5.95. The molecule has 92 valence electrons. The molecule has 5 heteroatoms. The second kappa shape index (κ2) is 6.78. The molecule has 1 aromatic rings. The maximum atomic E-state index is 11.4. The van der Waals surface area contributed by atoms with E-state index >= 15 is 0 Å². The van der Waals surface area contributed by atoms with Crippen LogP contribution in [0.15, 0.2) is 24.3 Å². The lowest BCUT2D eigenvalue weighted by molar-refractivity contribution is -0.120. The summed E-state index contributed by atoms with van der Waals surface area (Å²) >= 11 is 0. The molecular formula is C12H16N2O3. The maximum absolute atomic E-state index is 11.4. The third-order valence-corrected chi connectivity index (χ3v) is 2.07. The van der Waals surface area contributed by atoms with Crippen molar-refractivity contribution in [2.75, 3.05) is 25.1 Å². The number of hydrogen-bond donors (Lipinski definition) is 2. The van der Waals surface area contributed by atoms with Crippen molar-refractivity contribution in [1.29, 1.82) is 0 Å². The number of nitrogens with one attached hydrogen (secondary N) is 1. The molecule has 0 saturated heterocycles. The first-order valence-corrected chi connectivity index (χ1v) is 5.32. The van der Waals surface area contributed by atoms with Crippen LogP contribution in [-0.2, 0) is 9.53 Å². The summed E-state index contributed by atoms with van der Waals surface area (Å²) in [6.45, 7) is 2.22. The Bertz CT molecular complexity index is 387. The summed E-state index contributed by atoms with van der Waals surface area (Å²) in [6.07, 6.45) is 0. The standard InChI is InChI=1S/C12H16N2O3/c1-9(15)10-2-4-11(5-3-10)14-12(16)8-17-7-6-13/h2-5H,6-8,13H2,1H3,(H,14,16). The molecule has 0 fully saturated rings. The number of Topliss-reactive ketones (excluding diaryl/α,β-unsaturated/α-hetero) is 1. The quantitative estimate of drug-likeness (QED) is 0.565. The van der Waals surface area contributed by atoms with Crippen LogP contribution in [0.2, 0.25) is 0 Å². The molecule has 1 rings (SSSR count). The predicted octanol–water partition coefficient (Wildman–Crippen LogP) is 0.803. The number of carbonyl (C=O) groups is 2. The number of ether oxygens (including phenoxy) is 1. The van der Waals surface area contributed by atoms with Crippen LogP contribution in [0.4, 0.5) is 5.69 Å². The zero-order valence-corrected chi connectivity index (χ0v) is 9.73. The second-order valence-corrected chi connectivity index (χ2v) is 3.52. The van der Waals surface area contributed by atoms with Gasteiger partial charge in [0.15, 0.2) is 5.78 Å². The van der Waals surface area contributed by atoms with Gasteiger partial charge in [0, 0.05) is 17.8 Å². The van der Waals surface area contributed by atoms with Gasteiger partial charge in [-0.3, -0.25) is 9.59 Å². The number of carbonyl (C=O) groups excluding carboxylic acids is 2. The molecule has 0 radical (unpaired) electrons. The van der Waals surface area contributed by atoms with Crippen LogP contribution in [0.5, 0.6) is 0 Å². The van der Waals surface area contributed by atoms with Crippen LogP contribution in [0.1, 0.15) is 17.3 Å². The first-order valence-electron chi connectivity index (χ1n) is 5.32. The van der Waals surface area contributed by atoms with Crippen molar-refractivity contribution in [3.8, 4) is 0 Å². The summed E-state index contributed by atoms with van der Waals surface area (Å²) < 4.78 is 4.99. The first-order chi connectivity index (χ1) is 8.13. The molecular weight excluding hydrogens is 220 g/mol. The van der Waals surface area contributed by atoms with E-state index in [1.807, 2.05) is 0 Å². The van der Waals surface area contributed by atoms with Gasteiger partial charge in [-0.25, -0.2) is 0 Å². The Morgan fingerprint density at radius 3 is 2.47 bits per heavy atom. The molecule has 0 spiro atoms. The Kier molecular flexibility index (Phi) is 5.32. The van der Waals surface area contributed by atoms with Gasteiger partial charge in [0.2, 0.25) is 5.91 Å². The molecule has 17 heavy (non-hydrogen) atoms. The van der Waals surface area contributed by atoms with E-state index in [-0.39, 0.29) is 18.3 Å². The van der Waals surface area contributed by atoms with Gasteiger partial charge in [0.05, 0.1) is 6.61 Å². The van der Waals surface area contributed by atoms with Crippen LogP contribution in [0.3, 0.4) is 0 Å². The maximum Gasteiger partial charge on any atom is 0.250 e. The number of benzene rings is 1. The average molecular weight is 236 g/mol. The lowest BCUT2D eigenvalue weighted by atomic mass is 10.1. The normalized spacial score (nSPS) is 10.0. The molecule has 0 unspecified atom stereocenters. The Morgan fingerprint density at radius 1 is 1.29 bits per heavy atom. The van der Waals surface area contributed by atoms with E-state index in [9.17, 15) is 9.59 Å². The Balaban J connectivity index is 2.46. The molecule has 0 aliphatic rings. The summed E-state index contributed by atoms with van der Waals surface area (Å²) in [5.74, 6) is -0.247. The highest BCUT2D eigenvalue weighted by Crippen LogP contribution is 2.09. The Hall–Kier alpha value is -1.72. The number of hydrogen-bond acceptors (Lipinski definition) is 4. The van der Waals surface area contributed by atoms with Gasteiger partial charge in [0.1, 0.15) is 6.61 Å². The number of rotatable bonds is 6. The van der Waals surface area contributed by atoms with Gasteiger partial charge < -0.3 is 15.8 Å². The molecule has 1 amide bonds.